The molecule has 0 atom stereocenters. The molecule has 1 aliphatic heterocycles. The van der Waals surface area contributed by atoms with E-state index in [1.807, 2.05) is 6.20 Å². The minimum Gasteiger partial charge on any atom is -0.457 e. The predicted molar refractivity (Wildman–Crippen MR) is 258 cm³/mol. The molecule has 0 saturated heterocycles. The highest BCUT2D eigenvalue weighted by molar-refractivity contribution is 6.09. The molecule has 1 aliphatic rings. The Morgan fingerprint density at radius 1 is 0.508 bits per heavy atom. The number of benzene rings is 6. The molecule has 0 spiro atoms. The lowest BCUT2D eigenvalue weighted by Gasteiger charge is -2.28. The largest absolute Gasteiger partial charge is 0.457 e. The van der Waals surface area contributed by atoms with Gasteiger partial charge in [-0.25, -0.2) is 4.98 Å². The Balaban J connectivity index is 1.13. The van der Waals surface area contributed by atoms with E-state index >= 15 is 0 Å². The van der Waals surface area contributed by atoms with E-state index in [1.54, 1.807) is 0 Å². The van der Waals surface area contributed by atoms with E-state index in [2.05, 4.69) is 222 Å². The molecular formula is C56H58N4O. The number of hydrogen-bond acceptors (Lipinski definition) is 4. The van der Waals surface area contributed by atoms with Gasteiger partial charge >= 0.3 is 0 Å². The fourth-order valence-corrected chi connectivity index (χ4v) is 8.86. The van der Waals surface area contributed by atoms with Crippen LogP contribution in [0.1, 0.15) is 91.8 Å². The van der Waals surface area contributed by atoms with Gasteiger partial charge in [-0.1, -0.05) is 129 Å². The average Bonchev–Trinajstić information content (AvgIpc) is 3.82. The molecule has 2 aromatic heterocycles. The van der Waals surface area contributed by atoms with Gasteiger partial charge < -0.3 is 14.5 Å². The summed E-state index contributed by atoms with van der Waals surface area (Å²) in [6, 6.07) is 52.9. The van der Waals surface area contributed by atoms with E-state index in [0.29, 0.717) is 6.67 Å². The number of hydrogen-bond donors (Lipinski definition) is 0. The molecule has 6 aromatic carbocycles. The molecule has 8 aromatic rings. The first-order valence-electron chi connectivity index (χ1n) is 21.9. The summed E-state index contributed by atoms with van der Waals surface area (Å²) in [6.45, 7) is 21.3. The van der Waals surface area contributed by atoms with Crippen molar-refractivity contribution in [3.05, 3.63) is 168 Å². The summed E-state index contributed by atoms with van der Waals surface area (Å²) in [4.78, 5) is 9.86. The normalized spacial score (nSPS) is 13.3. The lowest BCUT2D eigenvalue weighted by atomic mass is 9.78. The highest BCUT2D eigenvalue weighted by Gasteiger charge is 2.31. The Hall–Kier alpha value is -6.33. The molecule has 9 rings (SSSR count). The zero-order chi connectivity index (χ0) is 42.7. The molecule has 308 valence electrons. The number of para-hydroxylation sites is 3. The van der Waals surface area contributed by atoms with Crippen molar-refractivity contribution in [1.82, 2.24) is 9.55 Å². The van der Waals surface area contributed by atoms with Gasteiger partial charge in [0.25, 0.3) is 0 Å². The molecule has 0 N–H and O–H groups in total. The second-order valence-electron chi connectivity index (χ2n) is 19.1. The molecule has 0 unspecified atom stereocenters. The number of nitrogens with zero attached hydrogens (tertiary/aromatic N) is 4. The van der Waals surface area contributed by atoms with Crippen molar-refractivity contribution in [2.24, 2.45) is 0 Å². The van der Waals surface area contributed by atoms with Crippen LogP contribution in [0.25, 0.3) is 38.8 Å². The number of rotatable bonds is 9. The van der Waals surface area contributed by atoms with Crippen LogP contribution in [0.3, 0.4) is 0 Å². The molecule has 0 bridgehead atoms. The minimum absolute atomic E-state index is 0.0187. The van der Waals surface area contributed by atoms with E-state index in [1.165, 1.54) is 55.7 Å². The van der Waals surface area contributed by atoms with Crippen LogP contribution < -0.4 is 14.5 Å². The van der Waals surface area contributed by atoms with Crippen LogP contribution in [-0.4, -0.2) is 16.2 Å². The number of pyridine rings is 1. The minimum atomic E-state index is -0.114. The maximum Gasteiger partial charge on any atom is 0.137 e. The van der Waals surface area contributed by atoms with E-state index in [9.17, 15) is 0 Å². The summed E-state index contributed by atoms with van der Waals surface area (Å²) in [7, 11) is 0. The Kier molecular flexibility index (Phi) is 10.1. The topological polar surface area (TPSA) is 33.5 Å². The number of fused-ring (bicyclic) bond motifs is 4. The summed E-state index contributed by atoms with van der Waals surface area (Å²) in [6.07, 6.45) is 4.10. The number of anilines is 4. The SMILES string of the molecule is CCC(C)(CC)c1ccnc(-n2c3ccccc3c3ccc(Oc4cc(N5CN(c6cc(-c7ccccc7)cc(C(C)(C)C)c6)c6ccccc65)cc(C(C)(C)C)c4)cc32)c1. The fourth-order valence-electron chi connectivity index (χ4n) is 8.86. The van der Waals surface area contributed by atoms with Crippen LogP contribution in [0.15, 0.2) is 152 Å². The van der Waals surface area contributed by atoms with Crippen LogP contribution in [0, 0.1) is 0 Å². The van der Waals surface area contributed by atoms with Gasteiger partial charge in [-0.3, -0.25) is 4.57 Å². The van der Waals surface area contributed by atoms with Gasteiger partial charge in [-0.15, -0.1) is 0 Å². The van der Waals surface area contributed by atoms with Gasteiger partial charge in [0.2, 0.25) is 0 Å². The third-order valence-electron chi connectivity index (χ3n) is 13.1. The van der Waals surface area contributed by atoms with Gasteiger partial charge in [0.05, 0.1) is 22.4 Å². The van der Waals surface area contributed by atoms with Gasteiger partial charge in [-0.05, 0) is 124 Å². The quantitative estimate of drug-likeness (QED) is 0.146. The summed E-state index contributed by atoms with van der Waals surface area (Å²) in [5.74, 6) is 2.52. The highest BCUT2D eigenvalue weighted by atomic mass is 16.5. The molecule has 61 heavy (non-hydrogen) atoms. The van der Waals surface area contributed by atoms with E-state index in [-0.39, 0.29) is 16.2 Å². The Morgan fingerprint density at radius 3 is 1.79 bits per heavy atom. The number of aromatic nitrogens is 2. The van der Waals surface area contributed by atoms with Crippen LogP contribution in [-0.2, 0) is 16.2 Å². The maximum atomic E-state index is 6.97. The molecule has 0 fully saturated rings. The second kappa shape index (κ2) is 15.3. The van der Waals surface area contributed by atoms with Crippen molar-refractivity contribution in [2.45, 2.75) is 91.4 Å². The van der Waals surface area contributed by atoms with Crippen molar-refractivity contribution < 1.29 is 4.74 Å². The van der Waals surface area contributed by atoms with Crippen LogP contribution in [0.4, 0.5) is 22.7 Å². The van der Waals surface area contributed by atoms with Crippen molar-refractivity contribution in [3.63, 3.8) is 0 Å². The first-order valence-corrected chi connectivity index (χ1v) is 21.9. The van der Waals surface area contributed by atoms with Crippen LogP contribution >= 0.6 is 0 Å². The van der Waals surface area contributed by atoms with Gasteiger partial charge in [0.1, 0.15) is 24.0 Å². The van der Waals surface area contributed by atoms with E-state index < -0.39 is 0 Å². The monoisotopic (exact) mass is 802 g/mol. The third-order valence-corrected chi connectivity index (χ3v) is 13.1. The Labute approximate surface area is 362 Å². The maximum absolute atomic E-state index is 6.97. The highest BCUT2D eigenvalue weighted by Crippen LogP contribution is 2.47. The van der Waals surface area contributed by atoms with Crippen LogP contribution in [0.2, 0.25) is 0 Å². The molecular weight excluding hydrogens is 745 g/mol. The molecule has 0 radical (unpaired) electrons. The third kappa shape index (κ3) is 7.45. The first-order chi connectivity index (χ1) is 29.2. The molecule has 5 nitrogen and oxygen atoms in total. The summed E-state index contributed by atoms with van der Waals surface area (Å²) in [5.41, 5.74) is 13.1. The first kappa shape index (κ1) is 40.1. The van der Waals surface area contributed by atoms with Crippen molar-refractivity contribution in [3.8, 4) is 28.4 Å². The summed E-state index contributed by atoms with van der Waals surface area (Å²) >= 11 is 0. The summed E-state index contributed by atoms with van der Waals surface area (Å²) < 4.78 is 9.27. The zero-order valence-electron chi connectivity index (χ0n) is 37.3. The average molecular weight is 803 g/mol. The standard InChI is InChI=1S/C56H58N4O/c1-10-56(9,11-2)40-27-28-57-53(34-40)60-49-22-16-15-21-47(49)48-26-25-45(36-52(48)60)61-46-33-42(55(6,7)8)32-44(35-46)59-37-58(50-23-17-18-24-51(50)59)43-30-39(38-19-13-12-14-20-38)29-41(31-43)54(3,4)5/h12-36H,10-11,37H2,1-9H3. The van der Waals surface area contributed by atoms with Crippen LogP contribution in [0.5, 0.6) is 11.5 Å². The van der Waals surface area contributed by atoms with Crippen molar-refractivity contribution in [2.75, 3.05) is 16.5 Å². The molecule has 5 heteroatoms. The van der Waals surface area contributed by atoms with Gasteiger partial charge in [0.15, 0.2) is 0 Å². The van der Waals surface area contributed by atoms with E-state index in [4.69, 9.17) is 9.72 Å². The predicted octanol–water partition coefficient (Wildman–Crippen LogP) is 15.6. The molecule has 0 aliphatic carbocycles. The lowest BCUT2D eigenvalue weighted by Crippen LogP contribution is -2.25. The lowest BCUT2D eigenvalue weighted by molar-refractivity contribution is 0.438. The zero-order valence-corrected chi connectivity index (χ0v) is 37.3. The van der Waals surface area contributed by atoms with Gasteiger partial charge in [-0.2, -0.15) is 0 Å². The molecule has 0 saturated carbocycles. The molecule has 0 amide bonds. The second-order valence-corrected chi connectivity index (χ2v) is 19.1. The smallest absolute Gasteiger partial charge is 0.137 e. The van der Waals surface area contributed by atoms with E-state index in [0.717, 1.165) is 46.9 Å². The summed E-state index contributed by atoms with van der Waals surface area (Å²) in [5, 5.41) is 2.37. The Morgan fingerprint density at radius 2 is 1.11 bits per heavy atom. The fraction of sp³-hybridized carbons (Fsp3) is 0.268. The van der Waals surface area contributed by atoms with Gasteiger partial charge in [0, 0.05) is 40.5 Å². The number of ether oxygens (including phenoxy) is 1. The molecule has 3 heterocycles. The Bertz CT molecular complexity index is 2890. The van der Waals surface area contributed by atoms with Crippen molar-refractivity contribution in [1.29, 1.82) is 0 Å². The van der Waals surface area contributed by atoms with Crippen molar-refractivity contribution >= 4 is 44.6 Å².